The van der Waals surface area contributed by atoms with Crippen LogP contribution in [0, 0.1) is 50.4 Å². The van der Waals surface area contributed by atoms with Crippen molar-refractivity contribution < 1.29 is 0 Å². The maximum absolute atomic E-state index is 10.6. The van der Waals surface area contributed by atoms with E-state index in [4.69, 9.17) is 0 Å². The second-order valence-electron chi connectivity index (χ2n) is 15.5. The molecule has 10 aromatic rings. The zero-order chi connectivity index (χ0) is 39.7. The Hall–Kier alpha value is -7.66. The van der Waals surface area contributed by atoms with E-state index in [1.54, 1.807) is 0 Å². The fraction of sp³-hybridized carbons (Fsp3) is 0.0741. The second kappa shape index (κ2) is 13.5. The molecule has 0 aliphatic heterocycles. The Balaban J connectivity index is 1.19. The highest BCUT2D eigenvalue weighted by molar-refractivity contribution is 6.11. The second-order valence-corrected chi connectivity index (χ2v) is 15.5. The number of nitriles is 2. The van der Waals surface area contributed by atoms with Crippen LogP contribution in [0.25, 0.3) is 88.4 Å². The lowest BCUT2D eigenvalue weighted by Gasteiger charge is -2.15. The molecule has 8 aromatic carbocycles. The van der Waals surface area contributed by atoms with Gasteiger partial charge in [-0.25, -0.2) is 0 Å². The molecule has 0 radical (unpaired) electrons. The molecule has 0 saturated heterocycles. The van der Waals surface area contributed by atoms with Crippen LogP contribution in [-0.2, 0) is 0 Å². The van der Waals surface area contributed by atoms with Gasteiger partial charge < -0.3 is 9.13 Å². The predicted molar refractivity (Wildman–Crippen MR) is 240 cm³/mol. The van der Waals surface area contributed by atoms with E-state index in [0.717, 1.165) is 77.2 Å². The third-order valence-electron chi connectivity index (χ3n) is 11.8. The van der Waals surface area contributed by atoms with E-state index >= 15 is 0 Å². The van der Waals surface area contributed by atoms with Crippen molar-refractivity contribution in [3.05, 3.63) is 191 Å². The third kappa shape index (κ3) is 5.50. The highest BCUT2D eigenvalue weighted by atomic mass is 15.0. The Morgan fingerprint density at radius 1 is 0.362 bits per heavy atom. The molecule has 0 amide bonds. The predicted octanol–water partition coefficient (Wildman–Crippen LogP) is 13.9. The SMILES string of the molecule is Cc1ccc(-c2ccc3c4ccccc4n(-c4cc(-c5ccc(C#N)c(-n6c7ccccc7c7ccc(-c8ccc(C)cc8C)cc76)c5)ccc4C#N)c3c2)c(C)c1. The average molecular weight is 743 g/mol. The number of nitrogens with zero attached hydrogens (tertiary/aromatic N) is 4. The molecule has 0 bridgehead atoms. The molecular weight excluding hydrogens is 705 g/mol. The van der Waals surface area contributed by atoms with Gasteiger partial charge in [0, 0.05) is 21.5 Å². The Labute approximate surface area is 337 Å². The number of para-hydroxylation sites is 2. The Kier molecular flexibility index (Phi) is 8.11. The first kappa shape index (κ1) is 34.8. The highest BCUT2D eigenvalue weighted by Crippen LogP contribution is 2.40. The number of aromatic nitrogens is 2. The summed E-state index contributed by atoms with van der Waals surface area (Å²) in [6.07, 6.45) is 0. The largest absolute Gasteiger partial charge is 0.308 e. The van der Waals surface area contributed by atoms with Crippen LogP contribution >= 0.6 is 0 Å². The van der Waals surface area contributed by atoms with Crippen molar-refractivity contribution in [2.45, 2.75) is 27.7 Å². The molecule has 0 N–H and O–H groups in total. The van der Waals surface area contributed by atoms with E-state index in [1.807, 2.05) is 24.3 Å². The minimum Gasteiger partial charge on any atom is -0.308 e. The summed E-state index contributed by atoms with van der Waals surface area (Å²) in [6, 6.07) is 60.5. The van der Waals surface area contributed by atoms with Gasteiger partial charge in [-0.05, 0) is 121 Å². The number of aryl methyl sites for hydroxylation is 4. The molecule has 0 aliphatic carbocycles. The van der Waals surface area contributed by atoms with Gasteiger partial charge in [-0.1, -0.05) is 120 Å². The first-order valence-electron chi connectivity index (χ1n) is 19.6. The van der Waals surface area contributed by atoms with Gasteiger partial charge in [0.1, 0.15) is 12.1 Å². The van der Waals surface area contributed by atoms with Gasteiger partial charge in [-0.2, -0.15) is 10.5 Å². The van der Waals surface area contributed by atoms with Gasteiger partial charge in [0.25, 0.3) is 0 Å². The quantitative estimate of drug-likeness (QED) is 0.176. The summed E-state index contributed by atoms with van der Waals surface area (Å²) in [6.45, 7) is 8.57. The van der Waals surface area contributed by atoms with Gasteiger partial charge >= 0.3 is 0 Å². The Morgan fingerprint density at radius 2 is 0.759 bits per heavy atom. The zero-order valence-electron chi connectivity index (χ0n) is 32.8. The van der Waals surface area contributed by atoms with Crippen molar-refractivity contribution in [2.24, 2.45) is 0 Å². The van der Waals surface area contributed by atoms with E-state index in [1.165, 1.54) is 33.4 Å². The van der Waals surface area contributed by atoms with Crippen molar-refractivity contribution in [2.75, 3.05) is 0 Å². The van der Waals surface area contributed by atoms with E-state index in [-0.39, 0.29) is 0 Å². The molecule has 0 spiro atoms. The van der Waals surface area contributed by atoms with Crippen LogP contribution in [0.2, 0.25) is 0 Å². The summed E-state index contributed by atoms with van der Waals surface area (Å²) in [5, 5.41) is 25.7. The molecule has 4 nitrogen and oxygen atoms in total. The Bertz CT molecular complexity index is 3190. The normalized spacial score (nSPS) is 11.4. The first-order valence-corrected chi connectivity index (χ1v) is 19.6. The van der Waals surface area contributed by atoms with Gasteiger partial charge in [-0.15, -0.1) is 0 Å². The number of hydrogen-bond donors (Lipinski definition) is 0. The van der Waals surface area contributed by atoms with Crippen molar-refractivity contribution in [3.63, 3.8) is 0 Å². The van der Waals surface area contributed by atoms with Crippen LogP contribution in [0.1, 0.15) is 33.4 Å². The number of hydrogen-bond acceptors (Lipinski definition) is 2. The minimum absolute atomic E-state index is 0.582. The van der Waals surface area contributed by atoms with E-state index < -0.39 is 0 Å². The molecule has 2 heterocycles. The molecule has 0 atom stereocenters. The van der Waals surface area contributed by atoms with Crippen molar-refractivity contribution >= 4 is 43.6 Å². The van der Waals surface area contributed by atoms with Gasteiger partial charge in [0.05, 0.1) is 44.6 Å². The number of rotatable bonds is 5. The van der Waals surface area contributed by atoms with Crippen LogP contribution < -0.4 is 0 Å². The average Bonchev–Trinajstić information content (AvgIpc) is 3.75. The molecule has 0 saturated carbocycles. The molecule has 10 rings (SSSR count). The summed E-state index contributed by atoms with van der Waals surface area (Å²) < 4.78 is 4.48. The van der Waals surface area contributed by atoms with Gasteiger partial charge in [0.15, 0.2) is 0 Å². The van der Waals surface area contributed by atoms with E-state index in [9.17, 15) is 10.5 Å². The molecule has 274 valence electrons. The van der Waals surface area contributed by atoms with Crippen molar-refractivity contribution in [3.8, 4) is 56.9 Å². The summed E-state index contributed by atoms with van der Waals surface area (Å²) in [5.41, 5.74) is 18.4. The molecule has 58 heavy (non-hydrogen) atoms. The highest BCUT2D eigenvalue weighted by Gasteiger charge is 2.20. The summed E-state index contributed by atoms with van der Waals surface area (Å²) in [4.78, 5) is 0. The zero-order valence-corrected chi connectivity index (χ0v) is 32.8. The molecule has 0 fully saturated rings. The topological polar surface area (TPSA) is 57.4 Å². The van der Waals surface area contributed by atoms with E-state index in [2.05, 4.69) is 182 Å². The van der Waals surface area contributed by atoms with Crippen LogP contribution in [0.15, 0.2) is 158 Å². The molecule has 4 heteroatoms. The van der Waals surface area contributed by atoms with E-state index in [0.29, 0.717) is 11.1 Å². The molecule has 0 aliphatic rings. The number of fused-ring (bicyclic) bond motifs is 6. The standard InChI is InChI=1S/C54H38N4/c1-33-13-21-43(35(3)25-33)39-19-23-47-45-9-5-7-11-49(45)57(53(47)29-39)51-27-37(15-17-41(51)31-55)38-16-18-42(32-56)52(28-38)58-50-12-8-6-10-46(50)48-24-20-40(30-54(48)58)44-22-14-34(2)26-36(44)4/h5-30H,1-4H3. The molecule has 2 aromatic heterocycles. The fourth-order valence-corrected chi connectivity index (χ4v) is 9.05. The Morgan fingerprint density at radius 3 is 1.17 bits per heavy atom. The summed E-state index contributed by atoms with van der Waals surface area (Å²) in [7, 11) is 0. The van der Waals surface area contributed by atoms with Crippen LogP contribution in [-0.4, -0.2) is 9.13 Å². The lowest BCUT2D eigenvalue weighted by Crippen LogP contribution is -2.00. The van der Waals surface area contributed by atoms with Gasteiger partial charge in [-0.3, -0.25) is 0 Å². The summed E-state index contributed by atoms with van der Waals surface area (Å²) in [5.74, 6) is 0. The lowest BCUT2D eigenvalue weighted by molar-refractivity contribution is 1.16. The number of benzene rings is 8. The first-order chi connectivity index (χ1) is 28.3. The lowest BCUT2D eigenvalue weighted by atomic mass is 9.97. The third-order valence-corrected chi connectivity index (χ3v) is 11.8. The monoisotopic (exact) mass is 742 g/mol. The van der Waals surface area contributed by atoms with Crippen molar-refractivity contribution in [1.29, 1.82) is 10.5 Å². The molecule has 0 unspecified atom stereocenters. The maximum atomic E-state index is 10.6. The smallest absolute Gasteiger partial charge is 0.101 e. The molecular formula is C54H38N4. The van der Waals surface area contributed by atoms with Crippen LogP contribution in [0.5, 0.6) is 0 Å². The van der Waals surface area contributed by atoms with Gasteiger partial charge in [0.2, 0.25) is 0 Å². The maximum Gasteiger partial charge on any atom is 0.101 e. The summed E-state index contributed by atoms with van der Waals surface area (Å²) >= 11 is 0. The van der Waals surface area contributed by atoms with Crippen LogP contribution in [0.4, 0.5) is 0 Å². The minimum atomic E-state index is 0.582. The fourth-order valence-electron chi connectivity index (χ4n) is 9.05. The van der Waals surface area contributed by atoms with Crippen LogP contribution in [0.3, 0.4) is 0 Å². The van der Waals surface area contributed by atoms with Crippen molar-refractivity contribution in [1.82, 2.24) is 9.13 Å².